The van der Waals surface area contributed by atoms with Crippen LogP contribution in [-0.4, -0.2) is 27.3 Å². The van der Waals surface area contributed by atoms with Crippen LogP contribution in [0.4, 0.5) is 0 Å². The van der Waals surface area contributed by atoms with E-state index in [9.17, 15) is 0 Å². The summed E-state index contributed by atoms with van der Waals surface area (Å²) in [6.07, 6.45) is 0. The zero-order valence-corrected chi connectivity index (χ0v) is 16.8. The number of aromatic nitrogens is 4. The first kappa shape index (κ1) is 17.5. The number of halogens is 1. The van der Waals surface area contributed by atoms with Gasteiger partial charge in [-0.3, -0.25) is 5.10 Å². The Hall–Kier alpha value is -1.87. The molecule has 4 rings (SSSR count). The second-order valence-corrected chi connectivity index (χ2v) is 8.27. The van der Waals surface area contributed by atoms with Crippen LogP contribution in [0.1, 0.15) is 5.69 Å². The fourth-order valence-electron chi connectivity index (χ4n) is 2.33. The molecule has 132 valence electrons. The third-order valence-electron chi connectivity index (χ3n) is 3.55. The summed E-state index contributed by atoms with van der Waals surface area (Å²) in [5.41, 5.74) is 2.98. The summed E-state index contributed by atoms with van der Waals surface area (Å²) < 4.78 is 5.37. The zero-order chi connectivity index (χ0) is 17.9. The lowest BCUT2D eigenvalue weighted by Crippen LogP contribution is -1.89. The second kappa shape index (κ2) is 7.79. The molecule has 0 saturated heterocycles. The molecule has 0 saturated carbocycles. The van der Waals surface area contributed by atoms with Gasteiger partial charge in [0.1, 0.15) is 10.8 Å². The van der Waals surface area contributed by atoms with E-state index in [-0.39, 0.29) is 0 Å². The molecule has 0 amide bonds. The van der Waals surface area contributed by atoms with E-state index in [0.717, 1.165) is 16.3 Å². The Morgan fingerprint density at radius 1 is 1.23 bits per heavy atom. The third-order valence-corrected chi connectivity index (χ3v) is 6.29. The van der Waals surface area contributed by atoms with Crippen molar-refractivity contribution in [3.63, 3.8) is 0 Å². The van der Waals surface area contributed by atoms with Crippen molar-refractivity contribution in [1.29, 1.82) is 0 Å². The van der Waals surface area contributed by atoms with Crippen LogP contribution in [0.25, 0.3) is 22.0 Å². The highest BCUT2D eigenvalue weighted by Crippen LogP contribution is 2.32. The Morgan fingerprint density at radius 2 is 2.15 bits per heavy atom. The molecule has 0 bridgehead atoms. The highest BCUT2D eigenvalue weighted by Gasteiger charge is 2.13. The van der Waals surface area contributed by atoms with Crippen LogP contribution in [0.2, 0.25) is 5.02 Å². The van der Waals surface area contributed by atoms with E-state index in [1.807, 2.05) is 12.1 Å². The lowest BCUT2D eigenvalue weighted by molar-refractivity contribution is 0.416. The Bertz CT molecular complexity index is 1010. The second-order valence-electron chi connectivity index (χ2n) is 5.26. The Labute approximate surface area is 167 Å². The molecule has 1 aromatic carbocycles. The maximum Gasteiger partial charge on any atom is 0.209 e. The van der Waals surface area contributed by atoms with Crippen LogP contribution in [0.5, 0.6) is 5.75 Å². The van der Waals surface area contributed by atoms with Crippen molar-refractivity contribution in [2.45, 2.75) is 10.9 Å². The predicted molar refractivity (Wildman–Crippen MR) is 108 cm³/mol. The van der Waals surface area contributed by atoms with Gasteiger partial charge in [0.15, 0.2) is 5.82 Å². The van der Waals surface area contributed by atoms with E-state index in [4.69, 9.17) is 16.3 Å². The molecule has 1 N–H and O–H groups in total. The normalized spacial score (nSPS) is 11.0. The monoisotopic (exact) mass is 420 g/mol. The number of rotatable bonds is 6. The summed E-state index contributed by atoms with van der Waals surface area (Å²) >= 11 is 11.0. The van der Waals surface area contributed by atoms with Gasteiger partial charge in [0.25, 0.3) is 0 Å². The first-order chi connectivity index (χ1) is 12.7. The van der Waals surface area contributed by atoms with Crippen LogP contribution in [0, 0.1) is 0 Å². The maximum absolute atomic E-state index is 6.09. The van der Waals surface area contributed by atoms with Gasteiger partial charge in [0.2, 0.25) is 5.16 Å². The van der Waals surface area contributed by atoms with Crippen LogP contribution >= 0.6 is 46.0 Å². The summed E-state index contributed by atoms with van der Waals surface area (Å²) in [5, 5.41) is 15.8. The number of hydrogen-bond donors (Lipinski definition) is 1. The Morgan fingerprint density at radius 3 is 2.96 bits per heavy atom. The maximum atomic E-state index is 6.09. The lowest BCUT2D eigenvalue weighted by Gasteiger charge is -2.05. The smallest absolute Gasteiger partial charge is 0.209 e. The van der Waals surface area contributed by atoms with Gasteiger partial charge in [-0.05, 0) is 29.6 Å². The minimum atomic E-state index is 0.620. The molecule has 0 spiro atoms. The predicted octanol–water partition coefficient (Wildman–Crippen LogP) is 5.61. The van der Waals surface area contributed by atoms with Crippen molar-refractivity contribution in [2.24, 2.45) is 0 Å². The summed E-state index contributed by atoms with van der Waals surface area (Å²) in [5.74, 6) is 2.04. The number of H-pyrrole nitrogens is 1. The number of methoxy groups -OCH3 is 1. The third kappa shape index (κ3) is 3.78. The SMILES string of the molecule is COc1ccc(Cl)cc1-c1nc(SCc2csc(-c3ccsc3)n2)n[nH]1. The quantitative estimate of drug-likeness (QED) is 0.410. The van der Waals surface area contributed by atoms with Crippen molar-refractivity contribution in [2.75, 3.05) is 7.11 Å². The molecule has 3 heterocycles. The largest absolute Gasteiger partial charge is 0.496 e. The van der Waals surface area contributed by atoms with Gasteiger partial charge in [-0.15, -0.1) is 16.4 Å². The summed E-state index contributed by atoms with van der Waals surface area (Å²) in [6, 6.07) is 7.49. The first-order valence-electron chi connectivity index (χ1n) is 7.59. The van der Waals surface area contributed by atoms with E-state index < -0.39 is 0 Å². The van der Waals surface area contributed by atoms with Gasteiger partial charge in [-0.1, -0.05) is 23.4 Å². The average Bonchev–Trinajstić information content (AvgIpc) is 3.40. The number of thiophene rings is 1. The van der Waals surface area contributed by atoms with Crippen molar-refractivity contribution < 1.29 is 4.74 Å². The number of nitrogens with one attached hydrogen (secondary N) is 1. The van der Waals surface area contributed by atoms with Crippen molar-refractivity contribution in [3.05, 3.63) is 51.1 Å². The molecular weight excluding hydrogens is 408 g/mol. The minimum Gasteiger partial charge on any atom is -0.496 e. The molecule has 4 aromatic rings. The van der Waals surface area contributed by atoms with Crippen molar-refractivity contribution in [1.82, 2.24) is 20.2 Å². The van der Waals surface area contributed by atoms with Crippen LogP contribution in [-0.2, 0) is 5.75 Å². The molecule has 9 heteroatoms. The molecule has 0 aliphatic carbocycles. The molecule has 0 atom stereocenters. The van der Waals surface area contributed by atoms with E-state index in [1.54, 1.807) is 35.8 Å². The number of hydrogen-bond acceptors (Lipinski definition) is 7. The number of aromatic amines is 1. The van der Waals surface area contributed by atoms with Gasteiger partial charge in [-0.2, -0.15) is 11.3 Å². The average molecular weight is 421 g/mol. The number of thioether (sulfide) groups is 1. The highest BCUT2D eigenvalue weighted by molar-refractivity contribution is 7.98. The number of ether oxygens (including phenoxy) is 1. The first-order valence-corrected chi connectivity index (χ1v) is 10.8. The molecule has 26 heavy (non-hydrogen) atoms. The Kier molecular flexibility index (Phi) is 5.26. The summed E-state index contributed by atoms with van der Waals surface area (Å²) in [7, 11) is 1.62. The van der Waals surface area contributed by atoms with Crippen LogP contribution in [0.3, 0.4) is 0 Å². The molecule has 0 aliphatic rings. The van der Waals surface area contributed by atoms with Gasteiger partial charge in [-0.25, -0.2) is 9.97 Å². The fourth-order valence-corrected chi connectivity index (χ4v) is 4.83. The molecule has 0 radical (unpaired) electrons. The fraction of sp³-hybridized carbons (Fsp3) is 0.118. The molecular formula is C17H13ClN4OS3. The Balaban J connectivity index is 1.47. The van der Waals surface area contributed by atoms with Crippen LogP contribution in [0.15, 0.2) is 45.6 Å². The van der Waals surface area contributed by atoms with E-state index in [0.29, 0.717) is 27.5 Å². The van der Waals surface area contributed by atoms with Gasteiger partial charge in [0.05, 0.1) is 18.4 Å². The van der Waals surface area contributed by atoms with Gasteiger partial charge < -0.3 is 4.74 Å². The van der Waals surface area contributed by atoms with Crippen molar-refractivity contribution >= 4 is 46.0 Å². The lowest BCUT2D eigenvalue weighted by atomic mass is 10.2. The zero-order valence-electron chi connectivity index (χ0n) is 13.6. The molecule has 0 fully saturated rings. The molecule has 0 unspecified atom stereocenters. The molecule has 3 aromatic heterocycles. The number of nitrogens with zero attached hydrogens (tertiary/aromatic N) is 3. The highest BCUT2D eigenvalue weighted by atomic mass is 35.5. The number of benzene rings is 1. The van der Waals surface area contributed by atoms with E-state index >= 15 is 0 Å². The van der Waals surface area contributed by atoms with Gasteiger partial charge in [0, 0.05) is 27.1 Å². The minimum absolute atomic E-state index is 0.620. The molecule has 5 nitrogen and oxygen atoms in total. The van der Waals surface area contributed by atoms with Crippen molar-refractivity contribution in [3.8, 4) is 27.7 Å². The topological polar surface area (TPSA) is 63.7 Å². The van der Waals surface area contributed by atoms with Gasteiger partial charge >= 0.3 is 0 Å². The molecule has 0 aliphatic heterocycles. The summed E-state index contributed by atoms with van der Waals surface area (Å²) in [4.78, 5) is 9.21. The van der Waals surface area contributed by atoms with Crippen LogP contribution < -0.4 is 4.74 Å². The van der Waals surface area contributed by atoms with E-state index in [2.05, 4.69) is 42.4 Å². The summed E-state index contributed by atoms with van der Waals surface area (Å²) in [6.45, 7) is 0. The standard InChI is InChI=1S/C17H13ClN4OS3/c1-23-14-3-2-11(18)6-13(14)15-20-17(22-21-15)26-9-12-8-25-16(19-12)10-4-5-24-7-10/h2-8H,9H2,1H3,(H,20,21,22). The van der Waals surface area contributed by atoms with E-state index in [1.165, 1.54) is 17.3 Å². The number of thiazole rings is 1.